The number of esters is 1. The topological polar surface area (TPSA) is 80.2 Å². The van der Waals surface area contributed by atoms with Gasteiger partial charge in [-0.1, -0.05) is 30.3 Å². The van der Waals surface area contributed by atoms with Crippen LogP contribution in [-0.2, 0) is 20.8 Å². The molecule has 25 heavy (non-hydrogen) atoms. The van der Waals surface area contributed by atoms with Gasteiger partial charge in [-0.3, -0.25) is 9.69 Å². The smallest absolute Gasteiger partial charge is 0.427 e. The number of likely N-dealkylation sites (tertiary alicyclic amines) is 1. The van der Waals surface area contributed by atoms with Gasteiger partial charge in [-0.25, -0.2) is 10.2 Å². The summed E-state index contributed by atoms with van der Waals surface area (Å²) in [7, 11) is 0. The largest absolute Gasteiger partial charge is 0.465 e. The number of piperidine rings is 1. The Kier molecular flexibility index (Phi) is 7.40. The normalized spacial score (nSPS) is 19.4. The summed E-state index contributed by atoms with van der Waals surface area (Å²) in [4.78, 5) is 25.9. The van der Waals surface area contributed by atoms with E-state index >= 15 is 0 Å². The van der Waals surface area contributed by atoms with E-state index in [4.69, 9.17) is 9.47 Å². The minimum absolute atomic E-state index is 0.267. The van der Waals surface area contributed by atoms with E-state index in [1.54, 1.807) is 13.8 Å². The monoisotopic (exact) mass is 347 g/mol. The minimum atomic E-state index is -0.621. The number of nitrogens with one attached hydrogen (secondary N) is 1. The predicted molar refractivity (Wildman–Crippen MR) is 94.1 cm³/mol. The fourth-order valence-corrected chi connectivity index (χ4v) is 2.76. The molecule has 0 spiro atoms. The second-order valence-corrected chi connectivity index (χ2v) is 5.71. The number of amides is 1. The van der Waals surface area contributed by atoms with E-state index in [0.29, 0.717) is 25.3 Å². The SMILES string of the molecule is CCOC(=O)N/N=C1/CCN(Cc2ccccc2)C[C@H]1C(=O)OCC. The van der Waals surface area contributed by atoms with Gasteiger partial charge in [0.1, 0.15) is 5.92 Å². The molecule has 0 aliphatic carbocycles. The molecule has 1 atom stereocenters. The number of hydrogen-bond acceptors (Lipinski definition) is 6. The first kappa shape index (κ1) is 18.9. The van der Waals surface area contributed by atoms with Gasteiger partial charge in [-0.15, -0.1) is 0 Å². The van der Waals surface area contributed by atoms with Gasteiger partial charge in [0.15, 0.2) is 0 Å². The van der Waals surface area contributed by atoms with Crippen molar-refractivity contribution in [3.8, 4) is 0 Å². The van der Waals surface area contributed by atoms with Gasteiger partial charge in [-0.2, -0.15) is 5.10 Å². The molecule has 1 heterocycles. The number of benzene rings is 1. The molecule has 0 saturated carbocycles. The predicted octanol–water partition coefficient (Wildman–Crippen LogP) is 2.17. The van der Waals surface area contributed by atoms with E-state index in [1.807, 2.05) is 18.2 Å². The molecule has 1 aliphatic heterocycles. The second kappa shape index (κ2) is 9.78. The van der Waals surface area contributed by atoms with Crippen molar-refractivity contribution in [1.29, 1.82) is 0 Å². The highest BCUT2D eigenvalue weighted by atomic mass is 16.6. The highest BCUT2D eigenvalue weighted by Gasteiger charge is 2.32. The Labute approximate surface area is 148 Å². The summed E-state index contributed by atoms with van der Waals surface area (Å²) in [6, 6.07) is 10.1. The van der Waals surface area contributed by atoms with E-state index in [9.17, 15) is 9.59 Å². The van der Waals surface area contributed by atoms with Crippen molar-refractivity contribution < 1.29 is 19.1 Å². The fraction of sp³-hybridized carbons (Fsp3) is 0.500. The van der Waals surface area contributed by atoms with Crippen molar-refractivity contribution in [3.63, 3.8) is 0 Å². The minimum Gasteiger partial charge on any atom is -0.465 e. The fourth-order valence-electron chi connectivity index (χ4n) is 2.76. The third kappa shape index (κ3) is 5.86. The van der Waals surface area contributed by atoms with Crippen molar-refractivity contribution >= 4 is 17.8 Å². The van der Waals surface area contributed by atoms with Crippen LogP contribution < -0.4 is 5.43 Å². The van der Waals surface area contributed by atoms with Gasteiger partial charge >= 0.3 is 12.1 Å². The average Bonchev–Trinajstić information content (AvgIpc) is 2.62. The zero-order valence-electron chi connectivity index (χ0n) is 14.7. The first-order valence-electron chi connectivity index (χ1n) is 8.56. The Morgan fingerprint density at radius 3 is 2.60 bits per heavy atom. The molecule has 2 rings (SSSR count). The zero-order chi connectivity index (χ0) is 18.1. The molecule has 0 aromatic heterocycles. The zero-order valence-corrected chi connectivity index (χ0v) is 14.7. The molecule has 1 aromatic rings. The van der Waals surface area contributed by atoms with E-state index in [-0.39, 0.29) is 12.6 Å². The van der Waals surface area contributed by atoms with Crippen LogP contribution in [0, 0.1) is 5.92 Å². The molecule has 0 radical (unpaired) electrons. The number of carbonyl (C=O) groups excluding carboxylic acids is 2. The Hall–Kier alpha value is -2.41. The molecule has 1 amide bonds. The molecule has 0 bridgehead atoms. The summed E-state index contributed by atoms with van der Waals surface area (Å²) in [5, 5.41) is 4.09. The third-order valence-electron chi connectivity index (χ3n) is 3.91. The van der Waals surface area contributed by atoms with Crippen LogP contribution in [0.2, 0.25) is 0 Å². The summed E-state index contributed by atoms with van der Waals surface area (Å²) in [5.41, 5.74) is 4.16. The Balaban J connectivity index is 2.04. The molecule has 1 aliphatic rings. The molecule has 0 unspecified atom stereocenters. The molecule has 136 valence electrons. The highest BCUT2D eigenvalue weighted by Crippen LogP contribution is 2.18. The summed E-state index contributed by atoms with van der Waals surface area (Å²) < 4.78 is 9.97. The lowest BCUT2D eigenvalue weighted by molar-refractivity contribution is -0.146. The van der Waals surface area contributed by atoms with Crippen LogP contribution in [0.3, 0.4) is 0 Å². The van der Waals surface area contributed by atoms with Gasteiger partial charge in [0.05, 0.1) is 18.9 Å². The van der Waals surface area contributed by atoms with Crippen molar-refractivity contribution in [2.75, 3.05) is 26.3 Å². The lowest BCUT2D eigenvalue weighted by atomic mass is 9.95. The quantitative estimate of drug-likeness (QED) is 0.630. The molecule has 1 aromatic carbocycles. The van der Waals surface area contributed by atoms with Crippen LogP contribution in [0.1, 0.15) is 25.8 Å². The first-order chi connectivity index (χ1) is 12.1. The molecule has 1 N–H and O–H groups in total. The number of hydrazone groups is 1. The van der Waals surface area contributed by atoms with Crippen molar-refractivity contribution in [3.05, 3.63) is 35.9 Å². The van der Waals surface area contributed by atoms with Crippen LogP contribution >= 0.6 is 0 Å². The van der Waals surface area contributed by atoms with Gasteiger partial charge in [-0.05, 0) is 19.4 Å². The van der Waals surface area contributed by atoms with Crippen LogP contribution in [-0.4, -0.2) is 49.0 Å². The van der Waals surface area contributed by atoms with Gasteiger partial charge < -0.3 is 9.47 Å². The molecular weight excluding hydrogens is 322 g/mol. The lowest BCUT2D eigenvalue weighted by Crippen LogP contribution is -2.45. The lowest BCUT2D eigenvalue weighted by Gasteiger charge is -2.32. The van der Waals surface area contributed by atoms with Crippen molar-refractivity contribution in [1.82, 2.24) is 10.3 Å². The summed E-state index contributed by atoms with van der Waals surface area (Å²) in [5.74, 6) is -0.802. The number of hydrogen-bond donors (Lipinski definition) is 1. The van der Waals surface area contributed by atoms with Crippen LogP contribution in [0.5, 0.6) is 0 Å². The maximum Gasteiger partial charge on any atom is 0.427 e. The van der Waals surface area contributed by atoms with E-state index in [1.165, 1.54) is 5.56 Å². The van der Waals surface area contributed by atoms with Gasteiger partial charge in [0, 0.05) is 26.1 Å². The van der Waals surface area contributed by atoms with Crippen molar-refractivity contribution in [2.45, 2.75) is 26.8 Å². The average molecular weight is 347 g/mol. The Morgan fingerprint density at radius 1 is 1.20 bits per heavy atom. The Bertz CT molecular complexity index is 604. The van der Waals surface area contributed by atoms with Gasteiger partial charge in [0.2, 0.25) is 0 Å². The molecule has 7 nitrogen and oxygen atoms in total. The maximum atomic E-state index is 12.3. The maximum absolute atomic E-state index is 12.3. The van der Waals surface area contributed by atoms with Gasteiger partial charge in [0.25, 0.3) is 0 Å². The van der Waals surface area contributed by atoms with Crippen LogP contribution in [0.4, 0.5) is 4.79 Å². The van der Waals surface area contributed by atoms with Crippen molar-refractivity contribution in [2.24, 2.45) is 11.0 Å². The number of carbonyl (C=O) groups is 2. The number of ether oxygens (including phenoxy) is 2. The number of rotatable bonds is 6. The van der Waals surface area contributed by atoms with E-state index in [0.717, 1.165) is 13.1 Å². The Morgan fingerprint density at radius 2 is 1.92 bits per heavy atom. The van der Waals surface area contributed by atoms with Crippen LogP contribution in [0.15, 0.2) is 35.4 Å². The van der Waals surface area contributed by atoms with E-state index in [2.05, 4.69) is 27.6 Å². The second-order valence-electron chi connectivity index (χ2n) is 5.71. The van der Waals surface area contributed by atoms with E-state index < -0.39 is 12.0 Å². The molecular formula is C18H25N3O4. The molecule has 7 heteroatoms. The first-order valence-corrected chi connectivity index (χ1v) is 8.56. The summed E-state index contributed by atoms with van der Waals surface area (Å²) >= 11 is 0. The molecule has 1 fully saturated rings. The summed E-state index contributed by atoms with van der Waals surface area (Å²) in [6.07, 6.45) is -0.0350. The standard InChI is InChI=1S/C18H25N3O4/c1-3-24-17(22)15-13-21(12-14-8-6-5-7-9-14)11-10-16(15)19-20-18(23)25-4-2/h5-9,15H,3-4,10-13H2,1-2H3,(H,20,23)/b19-16-/t15-/m1/s1. The number of nitrogens with zero attached hydrogens (tertiary/aromatic N) is 2. The third-order valence-corrected chi connectivity index (χ3v) is 3.91. The van der Waals surface area contributed by atoms with Crippen LogP contribution in [0.25, 0.3) is 0 Å². The highest BCUT2D eigenvalue weighted by molar-refractivity contribution is 6.03. The summed E-state index contributed by atoms with van der Waals surface area (Å²) in [6.45, 7) is 6.10. The molecule has 1 saturated heterocycles.